The minimum atomic E-state index is -0.254. The van der Waals surface area contributed by atoms with E-state index in [1.807, 2.05) is 6.07 Å². The average Bonchev–Trinajstić information content (AvgIpc) is 3.14. The molecule has 1 N–H and O–H groups in total. The van der Waals surface area contributed by atoms with Crippen LogP contribution in [0.4, 0.5) is 5.88 Å². The Morgan fingerprint density at radius 2 is 2.14 bits per heavy atom. The van der Waals surface area contributed by atoms with Crippen LogP contribution in [-0.2, 0) is 0 Å². The molecule has 142 valence electrons. The minimum Gasteiger partial charge on any atom is -0.463 e. The lowest BCUT2D eigenvalue weighted by molar-refractivity contribution is 0.367. The van der Waals surface area contributed by atoms with Crippen molar-refractivity contribution in [3.8, 4) is 6.07 Å². The van der Waals surface area contributed by atoms with Gasteiger partial charge in [-0.2, -0.15) is 10.4 Å². The Morgan fingerprint density at radius 3 is 2.93 bits per heavy atom. The Hall–Kier alpha value is -3.11. The van der Waals surface area contributed by atoms with Crippen LogP contribution in [-0.4, -0.2) is 11.2 Å². The van der Waals surface area contributed by atoms with E-state index in [1.54, 1.807) is 18.2 Å². The maximum absolute atomic E-state index is 12.5. The second kappa shape index (κ2) is 7.87. The first-order valence-electron chi connectivity index (χ1n) is 9.06. The monoisotopic (exact) mass is 396 g/mol. The molecule has 0 amide bonds. The summed E-state index contributed by atoms with van der Waals surface area (Å²) in [5.41, 5.74) is 3.25. The van der Waals surface area contributed by atoms with Crippen LogP contribution in [0.3, 0.4) is 0 Å². The summed E-state index contributed by atoms with van der Waals surface area (Å²) in [6, 6.07) is 6.85. The lowest BCUT2D eigenvalue weighted by Crippen LogP contribution is -2.08. The van der Waals surface area contributed by atoms with E-state index in [0.29, 0.717) is 21.9 Å². The summed E-state index contributed by atoms with van der Waals surface area (Å²) in [5, 5.41) is 14.1. The number of benzene rings is 1. The standard InChI is InChI=1S/C20H17ClN4O3/c21-14-6-7-17-15(8-14)18(26)13(11-27-17)10-23-25-20-16(9-22)24-19(28-20)12-4-2-1-3-5-12/h6-8,10-12,25H,1-5H2/b23-10+. The summed E-state index contributed by atoms with van der Waals surface area (Å²) >= 11 is 5.95. The van der Waals surface area contributed by atoms with Gasteiger partial charge in [-0.3, -0.25) is 4.79 Å². The van der Waals surface area contributed by atoms with Gasteiger partial charge in [0.25, 0.3) is 5.88 Å². The Balaban J connectivity index is 1.56. The molecule has 0 spiro atoms. The molecule has 28 heavy (non-hydrogen) atoms. The number of nitrogens with one attached hydrogen (secondary N) is 1. The highest BCUT2D eigenvalue weighted by atomic mass is 35.5. The summed E-state index contributed by atoms with van der Waals surface area (Å²) in [4.78, 5) is 16.8. The van der Waals surface area contributed by atoms with Crippen molar-refractivity contribution in [3.63, 3.8) is 0 Å². The molecule has 1 aliphatic rings. The lowest BCUT2D eigenvalue weighted by Gasteiger charge is -2.17. The molecular formula is C20H17ClN4O3. The third-order valence-electron chi connectivity index (χ3n) is 4.84. The number of hydrazone groups is 1. The molecule has 0 atom stereocenters. The number of fused-ring (bicyclic) bond motifs is 1. The highest BCUT2D eigenvalue weighted by molar-refractivity contribution is 6.31. The SMILES string of the molecule is N#Cc1nc(C2CCCCC2)oc1N/N=C/c1coc2ccc(Cl)cc2c1=O. The van der Waals surface area contributed by atoms with Crippen LogP contribution in [0.25, 0.3) is 11.0 Å². The molecule has 1 fully saturated rings. The number of aromatic nitrogens is 1. The van der Waals surface area contributed by atoms with Gasteiger partial charge in [-0.25, -0.2) is 10.4 Å². The fourth-order valence-electron chi connectivity index (χ4n) is 3.38. The van der Waals surface area contributed by atoms with Crippen LogP contribution in [0.1, 0.15) is 55.2 Å². The fraction of sp³-hybridized carbons (Fsp3) is 0.300. The van der Waals surface area contributed by atoms with Crippen molar-refractivity contribution in [3.05, 3.63) is 56.9 Å². The molecule has 0 radical (unpaired) electrons. The van der Waals surface area contributed by atoms with Gasteiger partial charge in [0, 0.05) is 10.9 Å². The molecule has 4 rings (SSSR count). The quantitative estimate of drug-likeness (QED) is 0.501. The number of oxazole rings is 1. The summed E-state index contributed by atoms with van der Waals surface area (Å²) in [7, 11) is 0. The molecule has 8 heteroatoms. The minimum absolute atomic E-state index is 0.148. The second-order valence-corrected chi connectivity index (χ2v) is 7.14. The molecule has 0 bridgehead atoms. The van der Waals surface area contributed by atoms with Gasteiger partial charge in [0.1, 0.15) is 17.9 Å². The van der Waals surface area contributed by atoms with E-state index in [-0.39, 0.29) is 28.5 Å². The molecule has 0 aliphatic heterocycles. The van der Waals surface area contributed by atoms with E-state index in [2.05, 4.69) is 15.5 Å². The van der Waals surface area contributed by atoms with Crippen LogP contribution in [0, 0.1) is 11.3 Å². The molecule has 1 saturated carbocycles. The highest BCUT2D eigenvalue weighted by Crippen LogP contribution is 2.34. The van der Waals surface area contributed by atoms with E-state index >= 15 is 0 Å². The molecule has 0 saturated heterocycles. The van der Waals surface area contributed by atoms with Crippen molar-refractivity contribution in [2.75, 3.05) is 5.43 Å². The van der Waals surface area contributed by atoms with Gasteiger partial charge < -0.3 is 8.83 Å². The molecule has 2 heterocycles. The number of hydrogen-bond acceptors (Lipinski definition) is 7. The first kappa shape index (κ1) is 18.3. The van der Waals surface area contributed by atoms with Gasteiger partial charge in [0.05, 0.1) is 17.2 Å². The zero-order valence-electron chi connectivity index (χ0n) is 14.9. The van der Waals surface area contributed by atoms with Crippen molar-refractivity contribution in [2.45, 2.75) is 38.0 Å². The fourth-order valence-corrected chi connectivity index (χ4v) is 3.55. The van der Waals surface area contributed by atoms with Crippen LogP contribution in [0.5, 0.6) is 0 Å². The normalized spacial score (nSPS) is 15.1. The van der Waals surface area contributed by atoms with Gasteiger partial charge in [-0.05, 0) is 31.0 Å². The summed E-state index contributed by atoms with van der Waals surface area (Å²) in [6.07, 6.45) is 8.15. The van der Waals surface area contributed by atoms with E-state index in [9.17, 15) is 10.1 Å². The van der Waals surface area contributed by atoms with Gasteiger partial charge in [-0.1, -0.05) is 30.9 Å². The number of halogens is 1. The summed E-state index contributed by atoms with van der Waals surface area (Å²) < 4.78 is 11.2. The molecule has 1 aromatic carbocycles. The van der Waals surface area contributed by atoms with Gasteiger partial charge in [0.15, 0.2) is 0 Å². The Labute approximate surface area is 165 Å². The van der Waals surface area contributed by atoms with E-state index in [0.717, 1.165) is 25.7 Å². The third kappa shape index (κ3) is 3.64. The van der Waals surface area contributed by atoms with Crippen LogP contribution >= 0.6 is 11.6 Å². The average molecular weight is 397 g/mol. The van der Waals surface area contributed by atoms with Crippen LogP contribution in [0.2, 0.25) is 5.02 Å². The lowest BCUT2D eigenvalue weighted by atomic mass is 9.89. The van der Waals surface area contributed by atoms with E-state index < -0.39 is 0 Å². The van der Waals surface area contributed by atoms with Crippen molar-refractivity contribution in [1.82, 2.24) is 4.98 Å². The first-order valence-corrected chi connectivity index (χ1v) is 9.44. The number of nitriles is 1. The highest BCUT2D eigenvalue weighted by Gasteiger charge is 2.23. The van der Waals surface area contributed by atoms with Gasteiger partial charge in [0.2, 0.25) is 17.0 Å². The molecular weight excluding hydrogens is 380 g/mol. The smallest absolute Gasteiger partial charge is 0.252 e. The second-order valence-electron chi connectivity index (χ2n) is 6.71. The molecule has 2 aromatic heterocycles. The largest absolute Gasteiger partial charge is 0.463 e. The molecule has 1 aliphatic carbocycles. The van der Waals surface area contributed by atoms with Crippen LogP contribution in [0.15, 0.2) is 43.2 Å². The van der Waals surface area contributed by atoms with Gasteiger partial charge in [-0.15, -0.1) is 0 Å². The van der Waals surface area contributed by atoms with E-state index in [4.69, 9.17) is 20.4 Å². The Bertz CT molecular complexity index is 1140. The first-order chi connectivity index (χ1) is 13.7. The van der Waals surface area contributed by atoms with Gasteiger partial charge >= 0.3 is 0 Å². The van der Waals surface area contributed by atoms with Crippen LogP contribution < -0.4 is 10.9 Å². The Morgan fingerprint density at radius 1 is 1.32 bits per heavy atom. The van der Waals surface area contributed by atoms with Crippen molar-refractivity contribution >= 4 is 34.7 Å². The molecule has 7 nitrogen and oxygen atoms in total. The van der Waals surface area contributed by atoms with Crippen molar-refractivity contribution in [2.24, 2.45) is 5.10 Å². The number of nitrogens with zero attached hydrogens (tertiary/aromatic N) is 3. The maximum Gasteiger partial charge on any atom is 0.252 e. The zero-order chi connectivity index (χ0) is 19.5. The number of anilines is 1. The summed E-state index contributed by atoms with van der Waals surface area (Å²) in [6.45, 7) is 0. The maximum atomic E-state index is 12.5. The van der Waals surface area contributed by atoms with Crippen molar-refractivity contribution < 1.29 is 8.83 Å². The number of rotatable bonds is 4. The predicted octanol–water partition coefficient (Wildman–Crippen LogP) is 4.80. The third-order valence-corrected chi connectivity index (χ3v) is 5.07. The summed E-state index contributed by atoms with van der Waals surface area (Å²) in [5.74, 6) is 0.971. The topological polar surface area (TPSA) is 104 Å². The molecule has 0 unspecified atom stereocenters. The predicted molar refractivity (Wildman–Crippen MR) is 106 cm³/mol. The Kier molecular flexibility index (Phi) is 5.13. The van der Waals surface area contributed by atoms with Crippen molar-refractivity contribution in [1.29, 1.82) is 5.26 Å². The zero-order valence-corrected chi connectivity index (χ0v) is 15.7. The number of hydrogen-bond donors (Lipinski definition) is 1. The molecule has 3 aromatic rings. The van der Waals surface area contributed by atoms with E-state index in [1.165, 1.54) is 18.9 Å².